The van der Waals surface area contributed by atoms with Crippen LogP contribution in [0.25, 0.3) is 11.3 Å². The molecule has 8 heteroatoms. The molecule has 0 fully saturated rings. The van der Waals surface area contributed by atoms with Gasteiger partial charge in [0.15, 0.2) is 16.6 Å². The number of anilines is 1. The van der Waals surface area contributed by atoms with E-state index in [-0.39, 0.29) is 5.56 Å². The van der Waals surface area contributed by atoms with Crippen LogP contribution in [0.2, 0.25) is 0 Å². The Morgan fingerprint density at radius 1 is 1.15 bits per heavy atom. The topological polar surface area (TPSA) is 60.5 Å². The van der Waals surface area contributed by atoms with Crippen molar-refractivity contribution in [1.82, 2.24) is 4.98 Å². The molecular formula is C18H14BrFN2O3S. The van der Waals surface area contributed by atoms with E-state index in [1.54, 1.807) is 31.7 Å². The van der Waals surface area contributed by atoms with E-state index in [2.05, 4.69) is 26.2 Å². The summed E-state index contributed by atoms with van der Waals surface area (Å²) >= 11 is 4.48. The first-order chi connectivity index (χ1) is 12.5. The van der Waals surface area contributed by atoms with E-state index in [4.69, 9.17) is 9.47 Å². The number of rotatable bonds is 5. The van der Waals surface area contributed by atoms with Gasteiger partial charge < -0.3 is 9.47 Å². The summed E-state index contributed by atoms with van der Waals surface area (Å²) in [6, 6.07) is 9.61. The van der Waals surface area contributed by atoms with Crippen molar-refractivity contribution >= 4 is 38.3 Å². The lowest BCUT2D eigenvalue weighted by atomic mass is 10.1. The number of halogens is 2. The fourth-order valence-corrected chi connectivity index (χ4v) is 3.37. The fraction of sp³-hybridized carbons (Fsp3) is 0.111. The number of thiazole rings is 1. The van der Waals surface area contributed by atoms with Gasteiger partial charge in [-0.25, -0.2) is 9.37 Å². The maximum absolute atomic E-state index is 13.8. The Labute approximate surface area is 161 Å². The summed E-state index contributed by atoms with van der Waals surface area (Å²) in [7, 11) is 3.12. The molecular weight excluding hydrogens is 423 g/mol. The lowest BCUT2D eigenvalue weighted by Gasteiger charge is -2.08. The average molecular weight is 437 g/mol. The average Bonchev–Trinajstić information content (AvgIpc) is 3.11. The lowest BCUT2D eigenvalue weighted by molar-refractivity contribution is 0.102. The minimum absolute atomic E-state index is 0.0535. The second-order valence-electron chi connectivity index (χ2n) is 5.19. The molecule has 2 aromatic carbocycles. The van der Waals surface area contributed by atoms with Crippen LogP contribution in [0.4, 0.5) is 9.52 Å². The zero-order valence-corrected chi connectivity index (χ0v) is 16.3. The molecule has 0 saturated carbocycles. The molecule has 3 rings (SSSR count). The van der Waals surface area contributed by atoms with Gasteiger partial charge in [0.2, 0.25) is 0 Å². The van der Waals surface area contributed by atoms with Gasteiger partial charge in [0.05, 0.1) is 25.5 Å². The molecule has 26 heavy (non-hydrogen) atoms. The standard InChI is InChI=1S/C18H14BrFN2O3S/c1-24-15-6-3-10(7-16(15)25-2)14-9-26-18(21-14)22-17(23)12-8-11(19)4-5-13(12)20/h3-9H,1-2H3,(H,21,22,23). The number of hydrogen-bond donors (Lipinski definition) is 1. The zero-order chi connectivity index (χ0) is 18.7. The summed E-state index contributed by atoms with van der Waals surface area (Å²) in [5.41, 5.74) is 1.43. The fourth-order valence-electron chi connectivity index (χ4n) is 2.30. The van der Waals surface area contributed by atoms with Crippen LogP contribution < -0.4 is 14.8 Å². The van der Waals surface area contributed by atoms with E-state index < -0.39 is 11.7 Å². The molecule has 5 nitrogen and oxygen atoms in total. The number of nitrogens with zero attached hydrogens (tertiary/aromatic N) is 1. The molecule has 0 aliphatic carbocycles. The maximum atomic E-state index is 13.8. The number of amides is 1. The molecule has 0 bridgehead atoms. The van der Waals surface area contributed by atoms with Gasteiger partial charge in [0.25, 0.3) is 5.91 Å². The van der Waals surface area contributed by atoms with Crippen molar-refractivity contribution in [3.8, 4) is 22.8 Å². The van der Waals surface area contributed by atoms with E-state index >= 15 is 0 Å². The summed E-state index contributed by atoms with van der Waals surface area (Å²) in [4.78, 5) is 16.7. The van der Waals surface area contributed by atoms with Crippen molar-refractivity contribution in [3.05, 3.63) is 57.6 Å². The highest BCUT2D eigenvalue weighted by molar-refractivity contribution is 9.10. The van der Waals surface area contributed by atoms with Crippen LogP contribution in [-0.4, -0.2) is 25.1 Å². The highest BCUT2D eigenvalue weighted by Gasteiger charge is 2.15. The van der Waals surface area contributed by atoms with Crippen LogP contribution in [0.15, 0.2) is 46.3 Å². The Hall–Kier alpha value is -2.45. The van der Waals surface area contributed by atoms with Crippen molar-refractivity contribution in [3.63, 3.8) is 0 Å². The van der Waals surface area contributed by atoms with Gasteiger partial charge >= 0.3 is 0 Å². The number of hydrogen-bond acceptors (Lipinski definition) is 5. The van der Waals surface area contributed by atoms with E-state index in [9.17, 15) is 9.18 Å². The van der Waals surface area contributed by atoms with Crippen molar-refractivity contribution < 1.29 is 18.7 Å². The molecule has 0 saturated heterocycles. The number of methoxy groups -OCH3 is 2. The van der Waals surface area contributed by atoms with Gasteiger partial charge in [-0.05, 0) is 36.4 Å². The Morgan fingerprint density at radius 2 is 1.92 bits per heavy atom. The van der Waals surface area contributed by atoms with E-state index in [1.165, 1.54) is 29.5 Å². The molecule has 0 spiro atoms. The summed E-state index contributed by atoms with van der Waals surface area (Å²) in [5.74, 6) is 0.0457. The summed E-state index contributed by atoms with van der Waals surface area (Å²) < 4.78 is 24.9. The molecule has 0 aliphatic heterocycles. The molecule has 1 heterocycles. The maximum Gasteiger partial charge on any atom is 0.260 e. The third-order valence-corrected chi connectivity index (χ3v) is 4.83. The smallest absolute Gasteiger partial charge is 0.260 e. The van der Waals surface area contributed by atoms with E-state index in [0.29, 0.717) is 26.8 Å². The number of aromatic nitrogens is 1. The van der Waals surface area contributed by atoms with E-state index in [0.717, 1.165) is 5.56 Å². The van der Waals surface area contributed by atoms with Crippen LogP contribution >= 0.6 is 27.3 Å². The molecule has 1 N–H and O–H groups in total. The molecule has 0 aliphatic rings. The number of benzene rings is 2. The first kappa shape index (κ1) is 18.3. The number of nitrogens with one attached hydrogen (secondary N) is 1. The monoisotopic (exact) mass is 436 g/mol. The Morgan fingerprint density at radius 3 is 2.65 bits per heavy atom. The van der Waals surface area contributed by atoms with Gasteiger partial charge in [-0.3, -0.25) is 10.1 Å². The van der Waals surface area contributed by atoms with Crippen LogP contribution in [0.1, 0.15) is 10.4 Å². The Balaban J connectivity index is 1.82. The molecule has 134 valence electrons. The van der Waals surface area contributed by atoms with E-state index in [1.807, 2.05) is 6.07 Å². The Bertz CT molecular complexity index is 961. The van der Waals surface area contributed by atoms with Gasteiger partial charge in [0, 0.05) is 15.4 Å². The SMILES string of the molecule is COc1ccc(-c2csc(NC(=O)c3cc(Br)ccc3F)n2)cc1OC. The predicted molar refractivity (Wildman–Crippen MR) is 103 cm³/mol. The quantitative estimate of drug-likeness (QED) is 0.612. The lowest BCUT2D eigenvalue weighted by Crippen LogP contribution is -2.13. The molecule has 1 aromatic heterocycles. The van der Waals surface area contributed by atoms with Crippen LogP contribution in [0, 0.1) is 5.82 Å². The van der Waals surface area contributed by atoms with Crippen molar-refractivity contribution in [1.29, 1.82) is 0 Å². The van der Waals surface area contributed by atoms with Crippen molar-refractivity contribution in [2.75, 3.05) is 19.5 Å². The highest BCUT2D eigenvalue weighted by atomic mass is 79.9. The first-order valence-electron chi connectivity index (χ1n) is 7.46. The van der Waals surface area contributed by atoms with Crippen molar-refractivity contribution in [2.24, 2.45) is 0 Å². The zero-order valence-electron chi connectivity index (χ0n) is 13.9. The third-order valence-electron chi connectivity index (χ3n) is 3.58. The molecule has 0 unspecified atom stereocenters. The van der Waals surface area contributed by atoms with Crippen LogP contribution in [0.3, 0.4) is 0 Å². The molecule has 1 amide bonds. The van der Waals surface area contributed by atoms with Gasteiger partial charge in [-0.2, -0.15) is 0 Å². The minimum Gasteiger partial charge on any atom is -0.493 e. The van der Waals surface area contributed by atoms with Crippen LogP contribution in [0.5, 0.6) is 11.5 Å². The number of ether oxygens (including phenoxy) is 2. The summed E-state index contributed by atoms with van der Waals surface area (Å²) in [6.07, 6.45) is 0. The Kier molecular flexibility index (Phi) is 5.53. The second-order valence-corrected chi connectivity index (χ2v) is 6.96. The molecule has 3 aromatic rings. The normalized spacial score (nSPS) is 10.5. The second kappa shape index (κ2) is 7.84. The van der Waals surface area contributed by atoms with Gasteiger partial charge in [-0.1, -0.05) is 15.9 Å². The van der Waals surface area contributed by atoms with Gasteiger partial charge in [-0.15, -0.1) is 11.3 Å². The largest absolute Gasteiger partial charge is 0.493 e. The minimum atomic E-state index is -0.595. The van der Waals surface area contributed by atoms with Crippen molar-refractivity contribution in [2.45, 2.75) is 0 Å². The highest BCUT2D eigenvalue weighted by Crippen LogP contribution is 2.33. The predicted octanol–water partition coefficient (Wildman–Crippen LogP) is 4.98. The number of carbonyl (C=O) groups excluding carboxylic acids is 1. The first-order valence-corrected chi connectivity index (χ1v) is 9.13. The third kappa shape index (κ3) is 3.86. The number of carbonyl (C=O) groups is 1. The van der Waals surface area contributed by atoms with Gasteiger partial charge in [0.1, 0.15) is 5.82 Å². The molecule has 0 radical (unpaired) electrons. The summed E-state index contributed by atoms with van der Waals surface area (Å²) in [5, 5.41) is 4.79. The summed E-state index contributed by atoms with van der Waals surface area (Å²) in [6.45, 7) is 0. The van der Waals surface area contributed by atoms with Crippen LogP contribution in [-0.2, 0) is 0 Å². The molecule has 0 atom stereocenters.